The Hall–Kier alpha value is -3.26. The van der Waals surface area contributed by atoms with Crippen LogP contribution in [0.25, 0.3) is 11.0 Å². The van der Waals surface area contributed by atoms with Crippen molar-refractivity contribution < 1.29 is 14.0 Å². The van der Waals surface area contributed by atoms with Crippen LogP contribution in [0.3, 0.4) is 0 Å². The summed E-state index contributed by atoms with van der Waals surface area (Å²) in [4.78, 5) is 36.8. The predicted octanol–water partition coefficient (Wildman–Crippen LogP) is 6.69. The molecule has 3 aliphatic heterocycles. The number of carbonyl (C=O) groups is 2. The summed E-state index contributed by atoms with van der Waals surface area (Å²) >= 11 is 0. The van der Waals surface area contributed by atoms with Crippen LogP contribution < -0.4 is 5.32 Å². The summed E-state index contributed by atoms with van der Waals surface area (Å²) in [6.45, 7) is 4.49. The molecule has 2 aromatic carbocycles. The van der Waals surface area contributed by atoms with E-state index in [4.69, 9.17) is 4.98 Å². The van der Waals surface area contributed by atoms with Crippen molar-refractivity contribution in [3.63, 3.8) is 0 Å². The van der Waals surface area contributed by atoms with Gasteiger partial charge in [0.2, 0.25) is 11.8 Å². The third-order valence-electron chi connectivity index (χ3n) is 12.7. The fourth-order valence-electron chi connectivity index (χ4n) is 9.96. The van der Waals surface area contributed by atoms with E-state index >= 15 is 0 Å². The van der Waals surface area contributed by atoms with E-state index in [9.17, 15) is 14.0 Å². The number of piperidine rings is 2. The van der Waals surface area contributed by atoms with Gasteiger partial charge in [0.25, 0.3) is 0 Å². The minimum atomic E-state index is -0.211. The number of likely N-dealkylation sites (tertiary alicyclic amines) is 1. The van der Waals surface area contributed by atoms with Crippen molar-refractivity contribution in [1.82, 2.24) is 24.7 Å². The molecule has 3 aromatic rings. The van der Waals surface area contributed by atoms with Gasteiger partial charge < -0.3 is 14.8 Å². The van der Waals surface area contributed by atoms with E-state index in [-0.39, 0.29) is 34.9 Å². The first kappa shape index (κ1) is 31.0. The molecule has 2 saturated carbocycles. The molecular weight excluding hydrogens is 589 g/mol. The lowest BCUT2D eigenvalue weighted by Crippen LogP contribution is -2.51. The van der Waals surface area contributed by atoms with Gasteiger partial charge in [-0.05, 0) is 119 Å². The Labute approximate surface area is 278 Å². The number of para-hydroxylation sites is 2. The number of benzene rings is 2. The van der Waals surface area contributed by atoms with Gasteiger partial charge in [0, 0.05) is 49.1 Å². The van der Waals surface area contributed by atoms with Crippen LogP contribution in [0.15, 0.2) is 48.5 Å². The minimum absolute atomic E-state index is 0.0893. The number of rotatable bonds is 8. The average molecular weight is 640 g/mol. The van der Waals surface area contributed by atoms with E-state index in [1.165, 1.54) is 18.4 Å². The summed E-state index contributed by atoms with van der Waals surface area (Å²) in [7, 11) is 0. The first-order valence-corrected chi connectivity index (χ1v) is 18.4. The summed E-state index contributed by atoms with van der Waals surface area (Å²) in [6.07, 6.45) is 13.2. The lowest BCUT2D eigenvalue weighted by atomic mass is 9.69. The molecule has 3 saturated heterocycles. The van der Waals surface area contributed by atoms with Gasteiger partial charge in [-0.15, -0.1) is 0 Å². The maximum atomic E-state index is 14.7. The molecule has 5 fully saturated rings. The van der Waals surface area contributed by atoms with E-state index in [1.54, 1.807) is 12.1 Å². The highest BCUT2D eigenvalue weighted by Gasteiger charge is 2.46. The number of imidazole rings is 1. The summed E-state index contributed by atoms with van der Waals surface area (Å²) in [5, 5.41) is 3.18. The van der Waals surface area contributed by atoms with Crippen molar-refractivity contribution >= 4 is 22.8 Å². The van der Waals surface area contributed by atoms with E-state index < -0.39 is 0 Å². The maximum Gasteiger partial charge on any atom is 0.226 e. The van der Waals surface area contributed by atoms with Crippen LogP contribution in [0.2, 0.25) is 0 Å². The van der Waals surface area contributed by atoms with Gasteiger partial charge in [-0.25, -0.2) is 9.37 Å². The second-order valence-corrected chi connectivity index (χ2v) is 15.4. The monoisotopic (exact) mass is 639 g/mol. The average Bonchev–Trinajstić information content (AvgIpc) is 3.79. The molecule has 4 heterocycles. The summed E-state index contributed by atoms with van der Waals surface area (Å²) in [5.74, 6) is 0.767. The van der Waals surface area contributed by atoms with Crippen molar-refractivity contribution in [2.24, 2.45) is 11.8 Å². The zero-order valence-corrected chi connectivity index (χ0v) is 27.9. The van der Waals surface area contributed by atoms with E-state index in [0.29, 0.717) is 37.3 Å². The van der Waals surface area contributed by atoms with E-state index in [2.05, 4.69) is 52.0 Å². The van der Waals surface area contributed by atoms with Crippen LogP contribution in [0.1, 0.15) is 101 Å². The van der Waals surface area contributed by atoms with Crippen LogP contribution in [0.5, 0.6) is 0 Å². The molecule has 47 heavy (non-hydrogen) atoms. The van der Waals surface area contributed by atoms with Crippen molar-refractivity contribution in [3.8, 4) is 0 Å². The standard InChI is InChI=1S/C39H50FN5O2/c1-26-41-35-11-4-5-12-36(35)45(26)32-24-30-15-16-31(25-32)44(30)22-19-39(27-7-6-8-28(40)23-27)17-20-43(21-18-39)38(47)34-10-3-2-9-33(34)37(46)42-29-13-14-29/h4-8,11-12,23,29-34H,2-3,9-10,13-22,24-25H2,1H3,(H,42,46)/t30-,31+,32?,33?,34?. The van der Waals surface area contributed by atoms with Gasteiger partial charge in [-0.2, -0.15) is 0 Å². The van der Waals surface area contributed by atoms with Gasteiger partial charge in [0.05, 0.1) is 11.0 Å². The Morgan fingerprint density at radius 2 is 1.62 bits per heavy atom. The normalized spacial score (nSPS) is 29.2. The summed E-state index contributed by atoms with van der Waals surface area (Å²) in [6, 6.07) is 17.6. The number of nitrogens with zero attached hydrogens (tertiary/aromatic N) is 4. The largest absolute Gasteiger partial charge is 0.353 e. The summed E-state index contributed by atoms with van der Waals surface area (Å²) < 4.78 is 17.2. The van der Waals surface area contributed by atoms with Crippen molar-refractivity contribution in [3.05, 3.63) is 65.7 Å². The highest BCUT2D eigenvalue weighted by Crippen LogP contribution is 2.45. The molecule has 7 nitrogen and oxygen atoms in total. The lowest BCUT2D eigenvalue weighted by Gasteiger charge is -2.46. The molecule has 3 unspecified atom stereocenters. The number of hydrogen-bond acceptors (Lipinski definition) is 4. The first-order valence-electron chi connectivity index (χ1n) is 18.4. The molecule has 1 N–H and O–H groups in total. The smallest absolute Gasteiger partial charge is 0.226 e. The van der Waals surface area contributed by atoms with Gasteiger partial charge in [-0.1, -0.05) is 37.1 Å². The van der Waals surface area contributed by atoms with Crippen molar-refractivity contribution in [2.45, 2.75) is 120 Å². The van der Waals surface area contributed by atoms with Crippen molar-refractivity contribution in [2.75, 3.05) is 19.6 Å². The molecule has 1 aromatic heterocycles. The number of hydrogen-bond donors (Lipinski definition) is 1. The zero-order valence-electron chi connectivity index (χ0n) is 27.9. The fraction of sp³-hybridized carbons (Fsp3) is 0.615. The van der Waals surface area contributed by atoms with Crippen molar-refractivity contribution in [1.29, 1.82) is 0 Å². The molecule has 2 amide bonds. The Morgan fingerprint density at radius 3 is 2.34 bits per heavy atom. The number of nitrogens with one attached hydrogen (secondary N) is 1. The highest BCUT2D eigenvalue weighted by molar-refractivity contribution is 5.88. The molecule has 8 heteroatoms. The van der Waals surface area contributed by atoms with Crippen LogP contribution in [0, 0.1) is 24.6 Å². The quantitative estimate of drug-likeness (QED) is 0.298. The number of aromatic nitrogens is 2. The van der Waals surface area contributed by atoms with Gasteiger partial charge in [-0.3, -0.25) is 14.5 Å². The van der Waals surface area contributed by atoms with Crippen LogP contribution in [0.4, 0.5) is 4.39 Å². The predicted molar refractivity (Wildman–Crippen MR) is 181 cm³/mol. The Morgan fingerprint density at radius 1 is 0.894 bits per heavy atom. The second-order valence-electron chi connectivity index (χ2n) is 15.4. The number of aryl methyl sites for hydroxylation is 1. The van der Waals surface area contributed by atoms with E-state index in [1.807, 2.05) is 11.0 Å². The van der Waals surface area contributed by atoms with Gasteiger partial charge in [0.1, 0.15) is 11.6 Å². The third-order valence-corrected chi connectivity index (χ3v) is 12.7. The lowest BCUT2D eigenvalue weighted by molar-refractivity contribution is -0.145. The summed E-state index contributed by atoms with van der Waals surface area (Å²) in [5.41, 5.74) is 3.24. The molecule has 5 aliphatic rings. The maximum absolute atomic E-state index is 14.7. The molecule has 0 radical (unpaired) electrons. The van der Waals surface area contributed by atoms with E-state index in [0.717, 1.165) is 94.1 Å². The highest BCUT2D eigenvalue weighted by atomic mass is 19.1. The molecule has 250 valence electrons. The number of fused-ring (bicyclic) bond motifs is 3. The number of halogens is 1. The Kier molecular flexibility index (Phi) is 8.35. The second kappa shape index (κ2) is 12.6. The molecule has 8 rings (SSSR count). The van der Waals surface area contributed by atoms with Crippen LogP contribution >= 0.6 is 0 Å². The fourth-order valence-corrected chi connectivity index (χ4v) is 9.96. The van der Waals surface area contributed by atoms with Gasteiger partial charge >= 0.3 is 0 Å². The molecule has 2 aliphatic carbocycles. The molecule has 5 atom stereocenters. The first-order chi connectivity index (χ1) is 22.9. The SMILES string of the molecule is Cc1nc2ccccc2n1C1C[C@H]2CC[C@@H](C1)N2CCC1(c2cccc(F)c2)CCN(C(=O)C2CCCCC2C(=O)NC2CC2)CC1. The molecule has 2 bridgehead atoms. The third kappa shape index (κ3) is 6.00. The van der Waals surface area contributed by atoms with Gasteiger partial charge in [0.15, 0.2) is 0 Å². The Balaban J connectivity index is 0.961. The Bertz CT molecular complexity index is 1610. The number of carbonyl (C=O) groups excluding carboxylic acids is 2. The molecular formula is C39H50FN5O2. The van der Waals surface area contributed by atoms with Crippen LogP contribution in [-0.2, 0) is 15.0 Å². The zero-order chi connectivity index (χ0) is 32.1. The molecule has 0 spiro atoms. The number of amides is 2. The van der Waals surface area contributed by atoms with Crippen LogP contribution in [-0.4, -0.2) is 68.9 Å². The minimum Gasteiger partial charge on any atom is -0.353 e. The topological polar surface area (TPSA) is 70.5 Å².